The third kappa shape index (κ3) is 2.34. The second-order valence-corrected chi connectivity index (χ2v) is 4.80. The first-order valence-corrected chi connectivity index (χ1v) is 6.09. The number of carbonyl (C=O) groups is 1. The molecule has 0 unspecified atom stereocenters. The number of rotatable bonds is 5. The number of methoxy groups -OCH3 is 2. The summed E-state index contributed by atoms with van der Waals surface area (Å²) in [7, 11) is 3.08. The number of ether oxygens (including phenoxy) is 2. The molecule has 1 saturated carbocycles. The quantitative estimate of drug-likeness (QED) is 0.806. The fourth-order valence-corrected chi connectivity index (χ4v) is 2.31. The SMILES string of the molecule is COC(=O)C1(Cc2ccc(OC)c(CN)c2)CC1. The van der Waals surface area contributed by atoms with Gasteiger partial charge in [-0.3, -0.25) is 4.79 Å². The molecule has 2 rings (SSSR count). The van der Waals surface area contributed by atoms with Crippen molar-refractivity contribution in [2.24, 2.45) is 11.1 Å². The summed E-state index contributed by atoms with van der Waals surface area (Å²) in [5.41, 5.74) is 7.47. The van der Waals surface area contributed by atoms with Gasteiger partial charge >= 0.3 is 5.97 Å². The van der Waals surface area contributed by atoms with E-state index in [-0.39, 0.29) is 11.4 Å². The van der Waals surface area contributed by atoms with Crippen molar-refractivity contribution >= 4 is 5.97 Å². The molecule has 0 aliphatic heterocycles. The van der Waals surface area contributed by atoms with Crippen LogP contribution in [0.5, 0.6) is 5.75 Å². The van der Waals surface area contributed by atoms with E-state index >= 15 is 0 Å². The highest BCUT2D eigenvalue weighted by molar-refractivity contribution is 5.80. The molecule has 0 spiro atoms. The molecule has 1 aromatic rings. The van der Waals surface area contributed by atoms with Crippen LogP contribution in [0, 0.1) is 5.41 Å². The minimum atomic E-state index is -0.296. The van der Waals surface area contributed by atoms with E-state index in [1.165, 1.54) is 7.11 Å². The topological polar surface area (TPSA) is 61.5 Å². The van der Waals surface area contributed by atoms with E-state index in [1.807, 2.05) is 18.2 Å². The Morgan fingerprint density at radius 1 is 1.39 bits per heavy atom. The fourth-order valence-electron chi connectivity index (χ4n) is 2.31. The van der Waals surface area contributed by atoms with E-state index in [1.54, 1.807) is 7.11 Å². The van der Waals surface area contributed by atoms with Gasteiger partial charge in [-0.2, -0.15) is 0 Å². The molecular weight excluding hydrogens is 230 g/mol. The first kappa shape index (κ1) is 12.9. The van der Waals surface area contributed by atoms with Gasteiger partial charge in [0.15, 0.2) is 0 Å². The molecule has 1 aliphatic carbocycles. The summed E-state index contributed by atoms with van der Waals surface area (Å²) in [5, 5.41) is 0. The molecule has 98 valence electrons. The van der Waals surface area contributed by atoms with Gasteiger partial charge in [0.1, 0.15) is 5.75 Å². The standard InChI is InChI=1S/C14H19NO3/c1-17-12-4-3-10(7-11(12)9-15)8-14(5-6-14)13(16)18-2/h3-4,7H,5-6,8-9,15H2,1-2H3. The maximum Gasteiger partial charge on any atom is 0.312 e. The number of esters is 1. The van der Waals surface area contributed by atoms with Crippen molar-refractivity contribution in [3.63, 3.8) is 0 Å². The molecule has 18 heavy (non-hydrogen) atoms. The minimum absolute atomic E-state index is 0.104. The molecule has 0 radical (unpaired) electrons. The van der Waals surface area contributed by atoms with Crippen LogP contribution in [0.1, 0.15) is 24.0 Å². The summed E-state index contributed by atoms with van der Waals surface area (Å²) in [5.74, 6) is 0.691. The number of benzene rings is 1. The first-order chi connectivity index (χ1) is 8.65. The summed E-state index contributed by atoms with van der Waals surface area (Å²) in [6.45, 7) is 0.433. The highest BCUT2D eigenvalue weighted by Crippen LogP contribution is 2.49. The van der Waals surface area contributed by atoms with Gasteiger partial charge in [0, 0.05) is 12.1 Å². The highest BCUT2D eigenvalue weighted by Gasteiger charge is 2.50. The lowest BCUT2D eigenvalue weighted by atomic mass is 9.95. The van der Waals surface area contributed by atoms with E-state index in [4.69, 9.17) is 15.2 Å². The number of hydrogen-bond acceptors (Lipinski definition) is 4. The summed E-state index contributed by atoms with van der Waals surface area (Å²) in [6, 6.07) is 5.91. The van der Waals surface area contributed by atoms with Crippen LogP contribution in [-0.4, -0.2) is 20.2 Å². The number of nitrogens with two attached hydrogens (primary N) is 1. The van der Waals surface area contributed by atoms with Gasteiger partial charge in [-0.1, -0.05) is 12.1 Å². The van der Waals surface area contributed by atoms with Crippen LogP contribution in [0.2, 0.25) is 0 Å². The Balaban J connectivity index is 2.18. The number of hydrogen-bond donors (Lipinski definition) is 1. The van der Waals surface area contributed by atoms with Crippen LogP contribution < -0.4 is 10.5 Å². The van der Waals surface area contributed by atoms with Crippen LogP contribution in [0.3, 0.4) is 0 Å². The van der Waals surface area contributed by atoms with Crippen molar-refractivity contribution in [2.45, 2.75) is 25.8 Å². The lowest BCUT2D eigenvalue weighted by molar-refractivity contribution is -0.147. The van der Waals surface area contributed by atoms with E-state index in [2.05, 4.69) is 0 Å². The lowest BCUT2D eigenvalue weighted by Crippen LogP contribution is -2.20. The van der Waals surface area contributed by atoms with Gasteiger partial charge in [0.2, 0.25) is 0 Å². The average Bonchev–Trinajstić information content (AvgIpc) is 3.18. The fraction of sp³-hybridized carbons (Fsp3) is 0.500. The molecular formula is C14H19NO3. The molecule has 0 amide bonds. The molecule has 0 heterocycles. The molecule has 0 atom stereocenters. The summed E-state index contributed by atoms with van der Waals surface area (Å²) >= 11 is 0. The van der Waals surface area contributed by atoms with Crippen molar-refractivity contribution in [2.75, 3.05) is 14.2 Å². The van der Waals surface area contributed by atoms with Crippen molar-refractivity contribution in [1.29, 1.82) is 0 Å². The second kappa shape index (κ2) is 4.98. The molecule has 4 nitrogen and oxygen atoms in total. The monoisotopic (exact) mass is 249 g/mol. The zero-order valence-corrected chi connectivity index (χ0v) is 10.9. The normalized spacial score (nSPS) is 16.2. The molecule has 0 aromatic heterocycles. The summed E-state index contributed by atoms with van der Waals surface area (Å²) in [4.78, 5) is 11.7. The minimum Gasteiger partial charge on any atom is -0.496 e. The van der Waals surface area contributed by atoms with Crippen molar-refractivity contribution in [3.8, 4) is 5.75 Å². The third-order valence-electron chi connectivity index (χ3n) is 3.58. The highest BCUT2D eigenvalue weighted by atomic mass is 16.5. The largest absolute Gasteiger partial charge is 0.496 e. The molecule has 0 bridgehead atoms. The van der Waals surface area contributed by atoms with Crippen molar-refractivity contribution in [1.82, 2.24) is 0 Å². The van der Waals surface area contributed by atoms with Crippen LogP contribution in [0.25, 0.3) is 0 Å². The van der Waals surface area contributed by atoms with E-state index in [0.29, 0.717) is 6.54 Å². The number of carbonyl (C=O) groups excluding carboxylic acids is 1. The molecule has 1 aliphatic rings. The average molecular weight is 249 g/mol. The molecule has 4 heteroatoms. The Labute approximate surface area is 107 Å². The predicted molar refractivity (Wildman–Crippen MR) is 68.3 cm³/mol. The molecule has 1 aromatic carbocycles. The summed E-state index contributed by atoms with van der Waals surface area (Å²) in [6.07, 6.45) is 2.53. The second-order valence-electron chi connectivity index (χ2n) is 4.80. The van der Waals surface area contributed by atoms with Crippen molar-refractivity contribution in [3.05, 3.63) is 29.3 Å². The zero-order chi connectivity index (χ0) is 13.2. The zero-order valence-electron chi connectivity index (χ0n) is 10.9. The Hall–Kier alpha value is -1.55. The van der Waals surface area contributed by atoms with Crippen LogP contribution in [-0.2, 0) is 22.5 Å². The van der Waals surface area contributed by atoms with Gasteiger partial charge in [0.25, 0.3) is 0 Å². The van der Waals surface area contributed by atoms with E-state index in [9.17, 15) is 4.79 Å². The van der Waals surface area contributed by atoms with Gasteiger partial charge in [-0.05, 0) is 30.9 Å². The Bertz CT molecular complexity index is 452. The maximum atomic E-state index is 11.7. The maximum absolute atomic E-state index is 11.7. The van der Waals surface area contributed by atoms with Crippen molar-refractivity contribution < 1.29 is 14.3 Å². The first-order valence-electron chi connectivity index (χ1n) is 6.09. The van der Waals surface area contributed by atoms with Crippen LogP contribution in [0.4, 0.5) is 0 Å². The lowest BCUT2D eigenvalue weighted by Gasteiger charge is -2.14. The molecule has 0 saturated heterocycles. The van der Waals surface area contributed by atoms with E-state index < -0.39 is 0 Å². The van der Waals surface area contributed by atoms with Gasteiger partial charge in [-0.15, -0.1) is 0 Å². The summed E-state index contributed by atoms with van der Waals surface area (Å²) < 4.78 is 10.1. The van der Waals surface area contributed by atoms with Crippen LogP contribution >= 0.6 is 0 Å². The van der Waals surface area contributed by atoms with Gasteiger partial charge in [0.05, 0.1) is 19.6 Å². The molecule has 2 N–H and O–H groups in total. The Kier molecular flexibility index (Phi) is 3.57. The van der Waals surface area contributed by atoms with E-state index in [0.717, 1.165) is 36.1 Å². The third-order valence-corrected chi connectivity index (χ3v) is 3.58. The smallest absolute Gasteiger partial charge is 0.312 e. The Morgan fingerprint density at radius 2 is 2.11 bits per heavy atom. The van der Waals surface area contributed by atoms with Gasteiger partial charge < -0.3 is 15.2 Å². The van der Waals surface area contributed by atoms with Crippen LogP contribution in [0.15, 0.2) is 18.2 Å². The Morgan fingerprint density at radius 3 is 2.61 bits per heavy atom. The predicted octanol–water partition coefficient (Wildman–Crippen LogP) is 1.65. The molecule has 1 fully saturated rings. The van der Waals surface area contributed by atoms with Gasteiger partial charge in [-0.25, -0.2) is 0 Å².